The topological polar surface area (TPSA) is 53.9 Å². The molecule has 5 heteroatoms. The molecule has 1 unspecified atom stereocenters. The Bertz CT molecular complexity index is 391. The number of allylic oxidation sites excluding steroid dienone is 1. The predicted octanol–water partition coefficient (Wildman–Crippen LogP) is 0.956. The van der Waals surface area contributed by atoms with Crippen molar-refractivity contribution in [2.24, 2.45) is 4.99 Å². The Labute approximate surface area is 94.4 Å². The van der Waals surface area contributed by atoms with Gasteiger partial charge in [0.2, 0.25) is 0 Å². The minimum Gasteiger partial charge on any atom is -0.459 e. The SMILES string of the molecule is CC(C)(C)OC(=O)C1C=C2C=NC=CN2N1. The smallest absolute Gasteiger partial charge is 0.329 e. The van der Waals surface area contributed by atoms with E-state index in [0.29, 0.717) is 0 Å². The summed E-state index contributed by atoms with van der Waals surface area (Å²) >= 11 is 0. The fourth-order valence-electron chi connectivity index (χ4n) is 1.46. The van der Waals surface area contributed by atoms with E-state index in [0.717, 1.165) is 5.70 Å². The van der Waals surface area contributed by atoms with Crippen molar-refractivity contribution in [2.75, 3.05) is 0 Å². The first-order chi connectivity index (χ1) is 7.46. The van der Waals surface area contributed by atoms with Crippen molar-refractivity contribution in [3.8, 4) is 0 Å². The lowest BCUT2D eigenvalue weighted by atomic mass is 10.2. The Morgan fingerprint density at radius 1 is 1.56 bits per heavy atom. The Hall–Kier alpha value is -1.62. The molecule has 2 heterocycles. The molecular formula is C11H15N3O2. The number of hydrogen-bond acceptors (Lipinski definition) is 5. The summed E-state index contributed by atoms with van der Waals surface area (Å²) < 4.78 is 5.29. The van der Waals surface area contributed by atoms with Crippen LogP contribution in [-0.2, 0) is 9.53 Å². The average molecular weight is 221 g/mol. The van der Waals surface area contributed by atoms with E-state index in [1.165, 1.54) is 0 Å². The van der Waals surface area contributed by atoms with E-state index >= 15 is 0 Å². The van der Waals surface area contributed by atoms with Gasteiger partial charge in [0.1, 0.15) is 11.6 Å². The third-order valence-corrected chi connectivity index (χ3v) is 2.06. The van der Waals surface area contributed by atoms with Crippen LogP contribution in [0.15, 0.2) is 29.2 Å². The van der Waals surface area contributed by atoms with Crippen molar-refractivity contribution in [1.82, 2.24) is 10.4 Å². The van der Waals surface area contributed by atoms with Crippen LogP contribution in [-0.4, -0.2) is 28.8 Å². The summed E-state index contributed by atoms with van der Waals surface area (Å²) in [6, 6.07) is -0.441. The summed E-state index contributed by atoms with van der Waals surface area (Å²) in [6.45, 7) is 5.55. The molecule has 16 heavy (non-hydrogen) atoms. The maximum atomic E-state index is 11.8. The van der Waals surface area contributed by atoms with E-state index in [4.69, 9.17) is 4.74 Å². The number of esters is 1. The van der Waals surface area contributed by atoms with Crippen LogP contribution in [0.1, 0.15) is 20.8 Å². The molecule has 0 saturated heterocycles. The normalized spacial score (nSPS) is 23.1. The van der Waals surface area contributed by atoms with Crippen LogP contribution in [0.5, 0.6) is 0 Å². The Morgan fingerprint density at radius 2 is 2.31 bits per heavy atom. The molecule has 0 amide bonds. The standard InChI is InChI=1S/C11H15N3O2/c1-11(2,3)16-10(15)9-6-8-7-12-4-5-14(8)13-9/h4-7,9,13H,1-3H3. The molecule has 0 aromatic heterocycles. The highest BCUT2D eigenvalue weighted by Crippen LogP contribution is 2.17. The number of rotatable bonds is 1. The second-order valence-electron chi connectivity index (χ2n) is 4.68. The molecule has 0 fully saturated rings. The van der Waals surface area contributed by atoms with Crippen molar-refractivity contribution in [3.05, 3.63) is 24.2 Å². The highest BCUT2D eigenvalue weighted by atomic mass is 16.6. The first-order valence-corrected chi connectivity index (χ1v) is 5.16. The molecule has 2 rings (SSSR count). The Balaban J connectivity index is 2.04. The number of carbonyl (C=O) groups excluding carboxylic acids is 1. The molecule has 86 valence electrons. The molecule has 0 aromatic rings. The molecule has 2 aliphatic rings. The van der Waals surface area contributed by atoms with Crippen LogP contribution < -0.4 is 5.43 Å². The van der Waals surface area contributed by atoms with Gasteiger partial charge in [-0.1, -0.05) is 0 Å². The lowest BCUT2D eigenvalue weighted by molar-refractivity contribution is -0.156. The number of carbonyl (C=O) groups is 1. The Kier molecular flexibility index (Phi) is 2.55. The highest BCUT2D eigenvalue weighted by molar-refractivity contribution is 5.86. The molecule has 5 nitrogen and oxygen atoms in total. The van der Waals surface area contributed by atoms with Gasteiger partial charge < -0.3 is 4.74 Å². The summed E-state index contributed by atoms with van der Waals surface area (Å²) in [7, 11) is 0. The van der Waals surface area contributed by atoms with Gasteiger partial charge in [-0.25, -0.2) is 10.2 Å². The molecular weight excluding hydrogens is 206 g/mol. The summed E-state index contributed by atoms with van der Waals surface area (Å²) in [6.07, 6.45) is 6.90. The van der Waals surface area contributed by atoms with Crippen molar-refractivity contribution in [3.63, 3.8) is 0 Å². The third-order valence-electron chi connectivity index (χ3n) is 2.06. The summed E-state index contributed by atoms with van der Waals surface area (Å²) in [5, 5.41) is 1.75. The van der Waals surface area contributed by atoms with E-state index in [1.54, 1.807) is 29.7 Å². The van der Waals surface area contributed by atoms with E-state index < -0.39 is 11.6 Å². The van der Waals surface area contributed by atoms with Gasteiger partial charge in [-0.05, 0) is 26.8 Å². The van der Waals surface area contributed by atoms with Crippen LogP contribution >= 0.6 is 0 Å². The van der Waals surface area contributed by atoms with E-state index in [-0.39, 0.29) is 5.97 Å². The zero-order valence-corrected chi connectivity index (χ0v) is 9.60. The largest absolute Gasteiger partial charge is 0.459 e. The van der Waals surface area contributed by atoms with Gasteiger partial charge in [-0.3, -0.25) is 10.0 Å². The molecule has 0 aromatic carbocycles. The maximum absolute atomic E-state index is 11.8. The second-order valence-corrected chi connectivity index (χ2v) is 4.68. The third kappa shape index (κ3) is 2.30. The van der Waals surface area contributed by atoms with Crippen LogP contribution in [0, 0.1) is 0 Å². The molecule has 1 atom stereocenters. The lowest BCUT2D eigenvalue weighted by Gasteiger charge is -2.23. The maximum Gasteiger partial charge on any atom is 0.329 e. The van der Waals surface area contributed by atoms with Crippen LogP contribution in [0.3, 0.4) is 0 Å². The van der Waals surface area contributed by atoms with E-state index in [9.17, 15) is 4.79 Å². The van der Waals surface area contributed by atoms with Gasteiger partial charge in [0.05, 0.1) is 11.9 Å². The van der Waals surface area contributed by atoms with Gasteiger partial charge in [-0.2, -0.15) is 0 Å². The second kappa shape index (κ2) is 3.75. The fraction of sp³-hybridized carbons (Fsp3) is 0.455. The summed E-state index contributed by atoms with van der Waals surface area (Å²) in [5.41, 5.74) is 3.40. The average Bonchev–Trinajstić information content (AvgIpc) is 2.58. The molecule has 1 N–H and O–H groups in total. The zero-order valence-electron chi connectivity index (χ0n) is 9.60. The number of hydrogen-bond donors (Lipinski definition) is 1. The molecule has 0 spiro atoms. The highest BCUT2D eigenvalue weighted by Gasteiger charge is 2.30. The molecule has 2 aliphatic heterocycles. The molecule has 0 bridgehead atoms. The number of nitrogens with one attached hydrogen (secondary N) is 1. The summed E-state index contributed by atoms with van der Waals surface area (Å²) in [5.74, 6) is -0.281. The van der Waals surface area contributed by atoms with E-state index in [2.05, 4.69) is 10.4 Å². The molecule has 0 radical (unpaired) electrons. The van der Waals surface area contributed by atoms with Gasteiger partial charge in [0, 0.05) is 12.4 Å². The number of aliphatic imine (C=N–C) groups is 1. The quantitative estimate of drug-likeness (QED) is 0.670. The predicted molar refractivity (Wildman–Crippen MR) is 60.3 cm³/mol. The van der Waals surface area contributed by atoms with E-state index in [1.807, 2.05) is 20.8 Å². The molecule has 0 saturated carbocycles. The van der Waals surface area contributed by atoms with Crippen molar-refractivity contribution in [2.45, 2.75) is 32.4 Å². The van der Waals surface area contributed by atoms with Crippen LogP contribution in [0.4, 0.5) is 0 Å². The van der Waals surface area contributed by atoms with Crippen LogP contribution in [0.2, 0.25) is 0 Å². The minimum absolute atomic E-state index is 0.281. The monoisotopic (exact) mass is 221 g/mol. The van der Waals surface area contributed by atoms with Crippen molar-refractivity contribution < 1.29 is 9.53 Å². The molecule has 0 aliphatic carbocycles. The fourth-order valence-corrected chi connectivity index (χ4v) is 1.46. The van der Waals surface area contributed by atoms with Crippen molar-refractivity contribution >= 4 is 12.2 Å². The van der Waals surface area contributed by atoms with Gasteiger partial charge >= 0.3 is 5.97 Å². The van der Waals surface area contributed by atoms with Gasteiger partial charge in [0.25, 0.3) is 0 Å². The van der Waals surface area contributed by atoms with Gasteiger partial charge in [0.15, 0.2) is 0 Å². The Morgan fingerprint density at radius 3 is 2.94 bits per heavy atom. The first kappa shape index (κ1) is 10.9. The number of fused-ring (bicyclic) bond motifs is 1. The van der Waals surface area contributed by atoms with Crippen LogP contribution in [0.25, 0.3) is 0 Å². The zero-order chi connectivity index (χ0) is 11.8. The number of hydrazine groups is 1. The summed E-state index contributed by atoms with van der Waals surface area (Å²) in [4.78, 5) is 15.8. The van der Waals surface area contributed by atoms with Gasteiger partial charge in [-0.15, -0.1) is 0 Å². The van der Waals surface area contributed by atoms with Crippen molar-refractivity contribution in [1.29, 1.82) is 0 Å². The first-order valence-electron chi connectivity index (χ1n) is 5.16. The number of ether oxygens (including phenoxy) is 1. The lowest BCUT2D eigenvalue weighted by Crippen LogP contribution is -2.42. The number of nitrogens with zero attached hydrogens (tertiary/aromatic N) is 2. The minimum atomic E-state index is -0.468.